The van der Waals surface area contributed by atoms with Gasteiger partial charge in [0, 0.05) is 11.3 Å². The van der Waals surface area contributed by atoms with Crippen LogP contribution in [0.4, 0.5) is 11.6 Å². The average molecular weight is 225 g/mol. The normalized spacial score (nSPS) is 17.2. The number of thioether (sulfide) groups is 1. The first kappa shape index (κ1) is 10.5. The van der Waals surface area contributed by atoms with Gasteiger partial charge in [-0.25, -0.2) is 10.8 Å². The van der Waals surface area contributed by atoms with Crippen molar-refractivity contribution in [3.8, 4) is 0 Å². The van der Waals surface area contributed by atoms with E-state index < -0.39 is 0 Å². The van der Waals surface area contributed by atoms with Gasteiger partial charge in [-0.15, -0.1) is 0 Å². The highest BCUT2D eigenvalue weighted by atomic mass is 32.2. The Morgan fingerprint density at radius 1 is 1.47 bits per heavy atom. The van der Waals surface area contributed by atoms with E-state index in [4.69, 9.17) is 5.84 Å². The fourth-order valence-electron chi connectivity index (χ4n) is 1.36. The maximum absolute atomic E-state index is 5.25. The third kappa shape index (κ3) is 2.51. The molecule has 0 radical (unpaired) electrons. The van der Waals surface area contributed by atoms with Crippen molar-refractivity contribution in [1.29, 1.82) is 0 Å². The number of nitrogen functional groups attached to an aromatic ring is 1. The molecule has 4 N–H and O–H groups in total. The minimum absolute atomic E-state index is 0.424. The summed E-state index contributed by atoms with van der Waals surface area (Å²) >= 11 is 1.92. The molecule has 6 heteroatoms. The summed E-state index contributed by atoms with van der Waals surface area (Å²) in [4.78, 5) is 8.27. The fraction of sp³-hybridized carbons (Fsp3) is 0.556. The van der Waals surface area contributed by atoms with Crippen molar-refractivity contribution in [3.63, 3.8) is 0 Å². The zero-order valence-electron chi connectivity index (χ0n) is 8.66. The topological polar surface area (TPSA) is 75.9 Å². The molecule has 1 aliphatic carbocycles. The minimum Gasteiger partial charge on any atom is -0.367 e. The molecular formula is C9H15N5S. The summed E-state index contributed by atoms with van der Waals surface area (Å²) in [6.07, 6.45) is 8.01. The third-order valence-electron chi connectivity index (χ3n) is 2.61. The van der Waals surface area contributed by atoms with Gasteiger partial charge in [-0.3, -0.25) is 4.98 Å². The molecule has 15 heavy (non-hydrogen) atoms. The molecule has 0 atom stereocenters. The molecule has 1 saturated carbocycles. The number of rotatable bonds is 5. The van der Waals surface area contributed by atoms with Crippen molar-refractivity contribution in [3.05, 3.63) is 12.4 Å². The Bertz CT molecular complexity index is 339. The first-order chi connectivity index (χ1) is 7.28. The highest BCUT2D eigenvalue weighted by molar-refractivity contribution is 8.00. The SMILES string of the molecule is CSC1(CNc2cncc(NN)n2)CC1. The lowest BCUT2D eigenvalue weighted by molar-refractivity contribution is 0.936. The molecule has 1 fully saturated rings. The molecule has 2 rings (SSSR count). The van der Waals surface area contributed by atoms with Crippen molar-refractivity contribution in [2.45, 2.75) is 17.6 Å². The summed E-state index contributed by atoms with van der Waals surface area (Å²) in [6, 6.07) is 0. The fourth-order valence-corrected chi connectivity index (χ4v) is 2.09. The van der Waals surface area contributed by atoms with Crippen molar-refractivity contribution in [2.24, 2.45) is 5.84 Å². The molecule has 1 aromatic heterocycles. The van der Waals surface area contributed by atoms with E-state index in [-0.39, 0.29) is 0 Å². The molecule has 0 amide bonds. The van der Waals surface area contributed by atoms with Crippen LogP contribution in [0, 0.1) is 0 Å². The van der Waals surface area contributed by atoms with Gasteiger partial charge in [0.15, 0.2) is 5.82 Å². The number of nitrogens with two attached hydrogens (primary N) is 1. The molecule has 0 spiro atoms. The molecule has 82 valence electrons. The van der Waals surface area contributed by atoms with Gasteiger partial charge < -0.3 is 10.7 Å². The van der Waals surface area contributed by atoms with Crippen LogP contribution in [0.3, 0.4) is 0 Å². The van der Waals surface area contributed by atoms with Crippen LogP contribution in [0.25, 0.3) is 0 Å². The Labute approximate surface area is 93.2 Å². The lowest BCUT2D eigenvalue weighted by Crippen LogP contribution is -2.18. The van der Waals surface area contributed by atoms with Crippen LogP contribution < -0.4 is 16.6 Å². The Kier molecular flexibility index (Phi) is 2.97. The second-order valence-corrected chi connectivity index (χ2v) is 4.95. The average Bonchev–Trinajstić information content (AvgIpc) is 3.07. The minimum atomic E-state index is 0.424. The molecular weight excluding hydrogens is 210 g/mol. The lowest BCUT2D eigenvalue weighted by Gasteiger charge is -2.13. The predicted molar refractivity (Wildman–Crippen MR) is 63.8 cm³/mol. The van der Waals surface area contributed by atoms with Gasteiger partial charge in [-0.2, -0.15) is 11.8 Å². The molecule has 0 aliphatic heterocycles. The van der Waals surface area contributed by atoms with E-state index in [1.54, 1.807) is 12.4 Å². The van der Waals surface area contributed by atoms with E-state index in [2.05, 4.69) is 27.0 Å². The first-order valence-corrected chi connectivity index (χ1v) is 6.08. The molecule has 1 aromatic rings. The van der Waals surface area contributed by atoms with Gasteiger partial charge in [0.2, 0.25) is 0 Å². The number of hydrogen-bond acceptors (Lipinski definition) is 6. The number of nitrogens with zero attached hydrogens (tertiary/aromatic N) is 2. The van der Waals surface area contributed by atoms with Crippen LogP contribution in [-0.2, 0) is 0 Å². The second-order valence-electron chi connectivity index (χ2n) is 3.67. The molecule has 0 saturated heterocycles. The number of nitrogens with one attached hydrogen (secondary N) is 2. The molecule has 1 heterocycles. The third-order valence-corrected chi connectivity index (χ3v) is 4.03. The zero-order valence-corrected chi connectivity index (χ0v) is 9.47. The van der Waals surface area contributed by atoms with Crippen LogP contribution >= 0.6 is 11.8 Å². The summed E-state index contributed by atoms with van der Waals surface area (Å²) in [5.74, 6) is 6.60. The van der Waals surface area contributed by atoms with Crippen molar-refractivity contribution in [1.82, 2.24) is 9.97 Å². The Hall–Kier alpha value is -1.01. The molecule has 0 aromatic carbocycles. The number of aromatic nitrogens is 2. The maximum Gasteiger partial charge on any atom is 0.160 e. The van der Waals surface area contributed by atoms with E-state index in [1.807, 2.05) is 11.8 Å². The Morgan fingerprint density at radius 3 is 2.80 bits per heavy atom. The maximum atomic E-state index is 5.25. The highest BCUT2D eigenvalue weighted by Gasteiger charge is 2.41. The van der Waals surface area contributed by atoms with E-state index in [1.165, 1.54) is 12.8 Å². The molecule has 5 nitrogen and oxygen atoms in total. The highest BCUT2D eigenvalue weighted by Crippen LogP contribution is 2.46. The summed E-state index contributed by atoms with van der Waals surface area (Å²) in [6.45, 7) is 0.941. The van der Waals surface area contributed by atoms with Gasteiger partial charge in [0.05, 0.1) is 12.4 Å². The van der Waals surface area contributed by atoms with Crippen LogP contribution in [-0.4, -0.2) is 27.5 Å². The van der Waals surface area contributed by atoms with Crippen LogP contribution in [0.15, 0.2) is 12.4 Å². The van der Waals surface area contributed by atoms with Crippen LogP contribution in [0.5, 0.6) is 0 Å². The van der Waals surface area contributed by atoms with E-state index >= 15 is 0 Å². The standard InChI is InChI=1S/C9H15N5S/c1-15-9(2-3-9)6-12-7-4-11-5-8(13-7)14-10/h4-5H,2-3,6,10H2,1H3,(H2,12,13,14). The van der Waals surface area contributed by atoms with Gasteiger partial charge in [-0.1, -0.05) is 0 Å². The van der Waals surface area contributed by atoms with Crippen LogP contribution in [0.1, 0.15) is 12.8 Å². The van der Waals surface area contributed by atoms with Gasteiger partial charge in [0.1, 0.15) is 5.82 Å². The van der Waals surface area contributed by atoms with E-state index in [0.29, 0.717) is 10.6 Å². The summed E-state index contributed by atoms with van der Waals surface area (Å²) in [7, 11) is 0. The molecule has 0 bridgehead atoms. The number of hydrazine groups is 1. The number of hydrogen-bond donors (Lipinski definition) is 3. The largest absolute Gasteiger partial charge is 0.367 e. The second kappa shape index (κ2) is 4.24. The monoisotopic (exact) mass is 225 g/mol. The van der Waals surface area contributed by atoms with E-state index in [9.17, 15) is 0 Å². The predicted octanol–water partition coefficient (Wildman–Crippen LogP) is 1.07. The van der Waals surface area contributed by atoms with E-state index in [0.717, 1.165) is 12.4 Å². The van der Waals surface area contributed by atoms with Gasteiger partial charge >= 0.3 is 0 Å². The smallest absolute Gasteiger partial charge is 0.160 e. The summed E-state index contributed by atoms with van der Waals surface area (Å²) < 4.78 is 0.424. The van der Waals surface area contributed by atoms with Gasteiger partial charge in [-0.05, 0) is 19.1 Å². The Morgan fingerprint density at radius 2 is 2.20 bits per heavy atom. The summed E-state index contributed by atoms with van der Waals surface area (Å²) in [5, 5.41) is 3.28. The van der Waals surface area contributed by atoms with Crippen molar-refractivity contribution < 1.29 is 0 Å². The lowest BCUT2D eigenvalue weighted by atomic mass is 10.4. The zero-order chi connectivity index (χ0) is 10.7. The van der Waals surface area contributed by atoms with Crippen LogP contribution in [0.2, 0.25) is 0 Å². The van der Waals surface area contributed by atoms with Crippen molar-refractivity contribution in [2.75, 3.05) is 23.5 Å². The molecule has 1 aliphatic rings. The van der Waals surface area contributed by atoms with Gasteiger partial charge in [0.25, 0.3) is 0 Å². The Balaban J connectivity index is 1.93. The quantitative estimate of drug-likeness (QED) is 0.514. The van der Waals surface area contributed by atoms with Crippen molar-refractivity contribution >= 4 is 23.4 Å². The number of anilines is 2. The first-order valence-electron chi connectivity index (χ1n) is 4.86. The molecule has 0 unspecified atom stereocenters. The summed E-state index contributed by atoms with van der Waals surface area (Å²) in [5.41, 5.74) is 2.48.